The van der Waals surface area contributed by atoms with E-state index in [0.717, 1.165) is 10.0 Å². The van der Waals surface area contributed by atoms with Crippen LogP contribution in [0.15, 0.2) is 90.5 Å². The Kier molecular flexibility index (Phi) is 7.86. The summed E-state index contributed by atoms with van der Waals surface area (Å²) in [6, 6.07) is 32.9. The second-order valence-electron chi connectivity index (χ2n) is 10.3. The topological polar surface area (TPSA) is 0 Å². The molecule has 4 aromatic carbocycles. The van der Waals surface area contributed by atoms with Crippen LogP contribution in [0.4, 0.5) is 0 Å². The predicted octanol–water partition coefficient (Wildman–Crippen LogP) is 0.328. The zero-order chi connectivity index (χ0) is 23.5. The molecule has 2 aliphatic heterocycles. The molecule has 0 bridgehead atoms. The van der Waals surface area contributed by atoms with E-state index in [4.69, 9.17) is 0 Å². The van der Waals surface area contributed by atoms with Gasteiger partial charge in [-0.25, -0.2) is 0 Å². The van der Waals surface area contributed by atoms with Crippen LogP contribution in [0.3, 0.4) is 0 Å². The fourth-order valence-electron chi connectivity index (χ4n) is 7.00. The van der Waals surface area contributed by atoms with Crippen LogP contribution >= 0.6 is 0 Å². The average Bonchev–Trinajstić information content (AvgIpc) is 3.42. The summed E-state index contributed by atoms with van der Waals surface area (Å²) in [7, 11) is 0. The van der Waals surface area contributed by atoms with Crippen molar-refractivity contribution >= 4 is 25.6 Å². The molecule has 2 atom stereocenters. The second-order valence-corrected chi connectivity index (χ2v) is 25.3. The fraction of sp³-hybridized carbons (Fsp3) is 0.212. The fourth-order valence-corrected chi connectivity index (χ4v) is 33.2. The molecule has 0 amide bonds. The summed E-state index contributed by atoms with van der Waals surface area (Å²) < 4.78 is 2.58. The largest absolute Gasteiger partial charge is 1.00 e. The molecule has 2 heterocycles. The molecule has 0 N–H and O–H groups in total. The van der Waals surface area contributed by atoms with Crippen molar-refractivity contribution in [3.8, 4) is 22.3 Å². The summed E-state index contributed by atoms with van der Waals surface area (Å²) in [5, 5.41) is 3.60. The molecule has 0 nitrogen and oxygen atoms in total. The van der Waals surface area contributed by atoms with Crippen LogP contribution in [-0.2, 0) is 27.3 Å². The van der Waals surface area contributed by atoms with Gasteiger partial charge in [-0.3, -0.25) is 0 Å². The first kappa shape index (κ1) is 26.9. The number of halogens is 2. The van der Waals surface area contributed by atoms with Gasteiger partial charge in [-0.2, -0.15) is 0 Å². The third-order valence-electron chi connectivity index (χ3n) is 8.53. The summed E-state index contributed by atoms with van der Waals surface area (Å²) in [5.41, 5.74) is 12.6. The zero-order valence-electron chi connectivity index (χ0n) is 21.4. The Morgan fingerprint density at radius 3 is 2.32 bits per heavy atom. The summed E-state index contributed by atoms with van der Waals surface area (Å²) >= 11 is -1.92. The molecule has 4 aromatic rings. The van der Waals surface area contributed by atoms with E-state index in [0.29, 0.717) is 0 Å². The van der Waals surface area contributed by atoms with E-state index in [9.17, 15) is 0 Å². The molecule has 0 saturated carbocycles. The first-order chi connectivity index (χ1) is 17.3. The van der Waals surface area contributed by atoms with Gasteiger partial charge in [-0.15, -0.1) is 0 Å². The molecule has 2 unspecified atom stereocenters. The normalized spacial score (nSPS) is 17.6. The third kappa shape index (κ3) is 4.02. The van der Waals surface area contributed by atoms with Crippen molar-refractivity contribution in [1.82, 2.24) is 0 Å². The molecule has 7 rings (SSSR count). The molecule has 0 aromatic heterocycles. The first-order valence-corrected chi connectivity index (χ1v) is 22.0. The minimum atomic E-state index is -1.92. The number of aryl methyl sites for hydroxylation is 1. The van der Waals surface area contributed by atoms with E-state index in [1.165, 1.54) is 36.0 Å². The first-order valence-electron chi connectivity index (χ1n) is 13.3. The van der Waals surface area contributed by atoms with Gasteiger partial charge in [-0.1, -0.05) is 0 Å². The molecule has 0 saturated heterocycles. The number of hydrogen-bond acceptors (Lipinski definition) is 0. The van der Waals surface area contributed by atoms with Gasteiger partial charge < -0.3 is 24.8 Å². The molecule has 1 aliphatic carbocycles. The Balaban J connectivity index is 0.00000140. The van der Waals surface area contributed by atoms with E-state index in [2.05, 4.69) is 105 Å². The predicted molar refractivity (Wildman–Crippen MR) is 149 cm³/mol. The van der Waals surface area contributed by atoms with E-state index in [-0.39, 0.29) is 24.8 Å². The summed E-state index contributed by atoms with van der Waals surface area (Å²) in [5.74, 6) is -1.04. The van der Waals surface area contributed by atoms with Gasteiger partial charge in [0.1, 0.15) is 0 Å². The van der Waals surface area contributed by atoms with Crippen LogP contribution in [0.25, 0.3) is 28.3 Å². The van der Waals surface area contributed by atoms with Crippen molar-refractivity contribution in [3.63, 3.8) is 0 Å². The number of fused-ring (bicyclic) bond motifs is 4. The summed E-state index contributed by atoms with van der Waals surface area (Å²) in [6.07, 6.45) is 7.61. The van der Waals surface area contributed by atoms with Gasteiger partial charge >= 0.3 is 219 Å². The van der Waals surface area contributed by atoms with Crippen molar-refractivity contribution in [2.75, 3.05) is 0 Å². The standard InChI is InChI=1S/C21H23.C12H8Si.2ClH.Zr/c1-3-5-9-16-14-19-13-12-17(4-2)21(20(19)15-16)18-10-7-6-8-11-18;1-3-7-11-9(5-1)10-6-2-4-8-12(10)13-11;;;/h6-8,10-15H,3-5,9H2,1-2H3;1-7,13H;2*1H;/q;;;;+2/p-2. The van der Waals surface area contributed by atoms with Gasteiger partial charge in [0.05, 0.1) is 0 Å². The van der Waals surface area contributed by atoms with Gasteiger partial charge in [0.15, 0.2) is 0 Å². The van der Waals surface area contributed by atoms with Crippen LogP contribution in [-0.4, -0.2) is 5.92 Å². The van der Waals surface area contributed by atoms with Crippen LogP contribution in [0, 0.1) is 0 Å². The van der Waals surface area contributed by atoms with Crippen LogP contribution in [0.1, 0.15) is 53.4 Å². The zero-order valence-corrected chi connectivity index (χ0v) is 26.5. The Morgan fingerprint density at radius 2 is 1.54 bits per heavy atom. The van der Waals surface area contributed by atoms with Gasteiger partial charge in [0, 0.05) is 0 Å². The van der Waals surface area contributed by atoms with Crippen LogP contribution < -0.4 is 38.5 Å². The average molecular weight is 618 g/mol. The molecule has 37 heavy (non-hydrogen) atoms. The van der Waals surface area contributed by atoms with Gasteiger partial charge in [-0.05, 0) is 0 Å². The second kappa shape index (κ2) is 10.8. The summed E-state index contributed by atoms with van der Waals surface area (Å²) in [4.78, 5) is 0. The quantitative estimate of drug-likeness (QED) is 0.274. The smallest absolute Gasteiger partial charge is 1.00 e. The van der Waals surface area contributed by atoms with Gasteiger partial charge in [0.25, 0.3) is 0 Å². The molecule has 0 radical (unpaired) electrons. The SMILES string of the molecule is CCCCC1=Cc2c(ccc(CC)c2-c2ccccc2)[CH]1[Zr+2]1[c]2cccc3c2[SiH]1c1ccccc1-3.[Cl-].[Cl-]. The number of rotatable bonds is 6. The monoisotopic (exact) mass is 615 g/mol. The number of benzene rings is 4. The maximum absolute atomic E-state index is 2.67. The number of unbranched alkanes of at least 4 members (excludes halogenated alkanes) is 1. The Labute approximate surface area is 242 Å². The van der Waals surface area contributed by atoms with Crippen molar-refractivity contribution in [3.05, 3.63) is 107 Å². The molecule has 3 aliphatic rings. The van der Waals surface area contributed by atoms with Crippen molar-refractivity contribution < 1.29 is 45.7 Å². The molecular weight excluding hydrogens is 587 g/mol. The molecule has 0 fully saturated rings. The van der Waals surface area contributed by atoms with Crippen molar-refractivity contribution in [2.24, 2.45) is 0 Å². The van der Waals surface area contributed by atoms with E-state index in [1.807, 2.05) is 8.46 Å². The maximum Gasteiger partial charge on any atom is -1.00 e. The minimum absolute atomic E-state index is 0. The maximum atomic E-state index is 2.67. The molecule has 0 spiro atoms. The van der Waals surface area contributed by atoms with Gasteiger partial charge in [0.2, 0.25) is 0 Å². The van der Waals surface area contributed by atoms with Crippen LogP contribution in [0.5, 0.6) is 0 Å². The third-order valence-corrected chi connectivity index (χ3v) is 30.8. The molecule has 185 valence electrons. The molecule has 4 heteroatoms. The van der Waals surface area contributed by atoms with Crippen molar-refractivity contribution in [2.45, 2.75) is 43.2 Å². The minimum Gasteiger partial charge on any atom is -1.00 e. The van der Waals surface area contributed by atoms with Crippen LogP contribution in [0.2, 0.25) is 0 Å². The van der Waals surface area contributed by atoms with E-state index in [1.54, 1.807) is 33.0 Å². The summed E-state index contributed by atoms with van der Waals surface area (Å²) in [6.45, 7) is 4.66. The Bertz CT molecular complexity index is 1490. The Hall–Kier alpha value is -1.70. The Morgan fingerprint density at radius 1 is 0.784 bits per heavy atom. The molecular formula is C33H31Cl2SiZr. The number of allylic oxidation sites excluding steroid dienone is 1. The van der Waals surface area contributed by atoms with E-state index >= 15 is 0 Å². The number of hydrogen-bond donors (Lipinski definition) is 0. The van der Waals surface area contributed by atoms with E-state index < -0.39 is 26.8 Å². The van der Waals surface area contributed by atoms with Crippen molar-refractivity contribution in [1.29, 1.82) is 0 Å².